The van der Waals surface area contributed by atoms with Gasteiger partial charge in [-0.25, -0.2) is 0 Å². The van der Waals surface area contributed by atoms with Crippen LogP contribution in [0, 0.1) is 11.3 Å². The van der Waals surface area contributed by atoms with Crippen molar-refractivity contribution < 1.29 is 14.3 Å². The summed E-state index contributed by atoms with van der Waals surface area (Å²) in [5.74, 6) is 0.387. The Balaban J connectivity index is 1.68. The number of carbonyl (C=O) groups excluding carboxylic acids is 2. The van der Waals surface area contributed by atoms with Gasteiger partial charge in [-0.05, 0) is 90.5 Å². The zero-order valence-electron chi connectivity index (χ0n) is 20.7. The van der Waals surface area contributed by atoms with Crippen molar-refractivity contribution in [1.82, 2.24) is 20.4 Å². The molecule has 3 fully saturated rings. The number of nitrogens with zero attached hydrogens (tertiary/aromatic N) is 2. The van der Waals surface area contributed by atoms with E-state index >= 15 is 0 Å². The van der Waals surface area contributed by atoms with Gasteiger partial charge in [0.05, 0.1) is 5.41 Å². The van der Waals surface area contributed by atoms with Crippen molar-refractivity contribution in [2.24, 2.45) is 11.3 Å². The number of hydrogen-bond donors (Lipinski definition) is 2. The first-order chi connectivity index (χ1) is 15.4. The molecule has 1 atom stereocenters. The smallest absolute Gasteiger partial charge is 0.242 e. The Hall–Kier alpha value is -1.18. The largest absolute Gasteiger partial charge is 0.381 e. The van der Waals surface area contributed by atoms with Crippen LogP contribution in [0.25, 0.3) is 0 Å². The SMILES string of the molecule is CC(C)C[C@@H]1NC(=O)C2(CCCCOCCCNC1=O)CCN(C1CCN(C)CC1)CC2. The minimum Gasteiger partial charge on any atom is -0.381 e. The molecule has 7 heteroatoms. The summed E-state index contributed by atoms with van der Waals surface area (Å²) in [7, 11) is 2.20. The molecule has 32 heavy (non-hydrogen) atoms. The third kappa shape index (κ3) is 7.16. The van der Waals surface area contributed by atoms with E-state index in [9.17, 15) is 9.59 Å². The Labute approximate surface area is 195 Å². The fraction of sp³-hybridized carbons (Fsp3) is 0.920. The van der Waals surface area contributed by atoms with Crippen molar-refractivity contribution >= 4 is 11.8 Å². The summed E-state index contributed by atoms with van der Waals surface area (Å²) < 4.78 is 5.75. The molecule has 1 spiro atoms. The van der Waals surface area contributed by atoms with E-state index in [0.717, 1.165) is 58.2 Å². The van der Waals surface area contributed by atoms with Crippen LogP contribution in [-0.2, 0) is 14.3 Å². The van der Waals surface area contributed by atoms with Crippen LogP contribution in [0.3, 0.4) is 0 Å². The molecule has 2 amide bonds. The molecular weight excluding hydrogens is 404 g/mol. The van der Waals surface area contributed by atoms with E-state index < -0.39 is 6.04 Å². The Morgan fingerprint density at radius 1 is 1.00 bits per heavy atom. The fourth-order valence-electron chi connectivity index (χ4n) is 5.56. The molecule has 0 saturated carbocycles. The van der Waals surface area contributed by atoms with Crippen molar-refractivity contribution in [3.8, 4) is 0 Å². The first kappa shape index (κ1) is 25.4. The Morgan fingerprint density at radius 3 is 2.38 bits per heavy atom. The van der Waals surface area contributed by atoms with Gasteiger partial charge in [0.15, 0.2) is 0 Å². The number of amides is 2. The van der Waals surface area contributed by atoms with E-state index in [4.69, 9.17) is 4.74 Å². The van der Waals surface area contributed by atoms with Crippen LogP contribution < -0.4 is 10.6 Å². The van der Waals surface area contributed by atoms with Crippen molar-refractivity contribution in [2.45, 2.75) is 83.7 Å². The third-order valence-corrected chi connectivity index (χ3v) is 7.73. The van der Waals surface area contributed by atoms with Gasteiger partial charge in [-0.2, -0.15) is 0 Å². The van der Waals surface area contributed by atoms with E-state index in [2.05, 4.69) is 41.3 Å². The van der Waals surface area contributed by atoms with Gasteiger partial charge in [-0.1, -0.05) is 20.3 Å². The number of ether oxygens (including phenoxy) is 1. The zero-order valence-corrected chi connectivity index (χ0v) is 20.7. The summed E-state index contributed by atoms with van der Waals surface area (Å²) in [6.07, 6.45) is 8.60. The van der Waals surface area contributed by atoms with Crippen molar-refractivity contribution in [1.29, 1.82) is 0 Å². The zero-order chi connectivity index (χ0) is 23.0. The summed E-state index contributed by atoms with van der Waals surface area (Å²) in [6.45, 7) is 10.5. The topological polar surface area (TPSA) is 73.9 Å². The number of nitrogens with one attached hydrogen (secondary N) is 2. The third-order valence-electron chi connectivity index (χ3n) is 7.73. The van der Waals surface area contributed by atoms with Gasteiger partial charge in [0.25, 0.3) is 0 Å². The summed E-state index contributed by atoms with van der Waals surface area (Å²) in [4.78, 5) is 31.6. The first-order valence-corrected chi connectivity index (χ1v) is 13.0. The van der Waals surface area contributed by atoms with Gasteiger partial charge in [-0.15, -0.1) is 0 Å². The van der Waals surface area contributed by atoms with Crippen LogP contribution in [-0.4, -0.2) is 86.7 Å². The summed E-state index contributed by atoms with van der Waals surface area (Å²) in [5.41, 5.74) is -0.360. The molecule has 3 aliphatic heterocycles. The molecule has 3 aliphatic rings. The molecule has 0 aromatic rings. The van der Waals surface area contributed by atoms with Crippen LogP contribution in [0.4, 0.5) is 0 Å². The molecule has 7 nitrogen and oxygen atoms in total. The molecule has 0 bridgehead atoms. The van der Waals surface area contributed by atoms with Crippen LogP contribution in [0.2, 0.25) is 0 Å². The normalized spacial score (nSPS) is 28.3. The van der Waals surface area contributed by atoms with Crippen LogP contribution >= 0.6 is 0 Å². The number of rotatable bonds is 3. The second-order valence-corrected chi connectivity index (χ2v) is 10.7. The lowest BCUT2D eigenvalue weighted by Gasteiger charge is -2.45. The van der Waals surface area contributed by atoms with Gasteiger partial charge in [0.1, 0.15) is 6.04 Å². The molecule has 0 aromatic carbocycles. The van der Waals surface area contributed by atoms with Crippen molar-refractivity contribution in [2.75, 3.05) is 53.0 Å². The average molecular weight is 451 g/mol. The van der Waals surface area contributed by atoms with Gasteiger partial charge < -0.3 is 25.2 Å². The molecule has 3 saturated heterocycles. The predicted molar refractivity (Wildman–Crippen MR) is 127 cm³/mol. The minimum absolute atomic E-state index is 0.0528. The second-order valence-electron chi connectivity index (χ2n) is 10.7. The van der Waals surface area contributed by atoms with Gasteiger partial charge in [0.2, 0.25) is 11.8 Å². The number of hydrogen-bond acceptors (Lipinski definition) is 5. The second kappa shape index (κ2) is 12.3. The standard InChI is InChI=1S/C25H46N4O3/c1-20(2)19-22-23(30)26-12-6-18-32-17-5-4-9-25(24(31)27-22)10-15-29(16-11-25)21-7-13-28(3)14-8-21/h20-22H,4-19H2,1-3H3,(H,26,30)(H,27,31)/t22-/m0/s1. The lowest BCUT2D eigenvalue weighted by Crippen LogP contribution is -2.56. The van der Waals surface area contributed by atoms with E-state index in [1.807, 2.05) is 0 Å². The minimum atomic E-state index is -0.449. The maximum Gasteiger partial charge on any atom is 0.242 e. The van der Waals surface area contributed by atoms with E-state index in [1.165, 1.54) is 25.9 Å². The van der Waals surface area contributed by atoms with Crippen molar-refractivity contribution in [3.63, 3.8) is 0 Å². The molecule has 184 valence electrons. The molecule has 2 N–H and O–H groups in total. The van der Waals surface area contributed by atoms with E-state index in [1.54, 1.807) is 0 Å². The van der Waals surface area contributed by atoms with Crippen molar-refractivity contribution in [3.05, 3.63) is 0 Å². The number of likely N-dealkylation sites (tertiary alicyclic amines) is 2. The molecule has 0 aliphatic carbocycles. The highest BCUT2D eigenvalue weighted by Crippen LogP contribution is 2.38. The fourth-order valence-corrected chi connectivity index (χ4v) is 5.56. The molecule has 0 unspecified atom stereocenters. The lowest BCUT2D eigenvalue weighted by molar-refractivity contribution is -0.139. The first-order valence-electron chi connectivity index (χ1n) is 13.0. The maximum atomic E-state index is 13.7. The van der Waals surface area contributed by atoms with Crippen LogP contribution in [0.1, 0.15) is 71.6 Å². The molecule has 0 radical (unpaired) electrons. The molecule has 0 aromatic heterocycles. The highest BCUT2D eigenvalue weighted by molar-refractivity contribution is 5.90. The van der Waals surface area contributed by atoms with E-state index in [-0.39, 0.29) is 17.2 Å². The Bertz CT molecular complexity index is 596. The highest BCUT2D eigenvalue weighted by atomic mass is 16.5. The lowest BCUT2D eigenvalue weighted by atomic mass is 9.73. The Kier molecular flexibility index (Phi) is 9.80. The summed E-state index contributed by atoms with van der Waals surface area (Å²) in [6, 6.07) is 0.202. The van der Waals surface area contributed by atoms with Gasteiger partial charge >= 0.3 is 0 Å². The molecular formula is C25H46N4O3. The maximum absolute atomic E-state index is 13.7. The van der Waals surface area contributed by atoms with Gasteiger partial charge in [-0.3, -0.25) is 9.59 Å². The average Bonchev–Trinajstić information content (AvgIpc) is 2.77. The number of carbonyl (C=O) groups is 2. The quantitative estimate of drug-likeness (QED) is 0.691. The summed E-state index contributed by atoms with van der Waals surface area (Å²) >= 11 is 0. The molecule has 3 heterocycles. The Morgan fingerprint density at radius 2 is 1.69 bits per heavy atom. The monoisotopic (exact) mass is 450 g/mol. The van der Waals surface area contributed by atoms with E-state index in [0.29, 0.717) is 31.5 Å². The van der Waals surface area contributed by atoms with Crippen LogP contribution in [0.15, 0.2) is 0 Å². The number of piperidine rings is 2. The summed E-state index contributed by atoms with van der Waals surface area (Å²) in [5, 5.41) is 6.22. The highest BCUT2D eigenvalue weighted by Gasteiger charge is 2.43. The van der Waals surface area contributed by atoms with Crippen LogP contribution in [0.5, 0.6) is 0 Å². The predicted octanol–water partition coefficient (Wildman–Crippen LogP) is 2.40. The molecule has 3 rings (SSSR count). The van der Waals surface area contributed by atoms with Gasteiger partial charge in [0, 0.05) is 25.8 Å².